The lowest BCUT2D eigenvalue weighted by Crippen LogP contribution is -2.01. The van der Waals surface area contributed by atoms with Gasteiger partial charge in [-0.25, -0.2) is 0 Å². The minimum atomic E-state index is 0.881. The van der Waals surface area contributed by atoms with Crippen molar-refractivity contribution in [3.63, 3.8) is 0 Å². The third-order valence-corrected chi connectivity index (χ3v) is 2.76. The van der Waals surface area contributed by atoms with E-state index in [4.69, 9.17) is 4.74 Å². The second-order valence-electron chi connectivity index (χ2n) is 4.10. The lowest BCUT2D eigenvalue weighted by Gasteiger charge is -2.20. The topological polar surface area (TPSA) is 37.0 Å². The van der Waals surface area contributed by atoms with Gasteiger partial charge >= 0.3 is 0 Å². The summed E-state index contributed by atoms with van der Waals surface area (Å²) in [5, 5.41) is 3.32. The fourth-order valence-electron chi connectivity index (χ4n) is 1.86. The molecule has 4 rings (SSSR count). The summed E-state index contributed by atoms with van der Waals surface area (Å²) in [6.45, 7) is 0. The van der Waals surface area contributed by atoms with Crippen molar-refractivity contribution >= 4 is 11.4 Å². The van der Waals surface area contributed by atoms with Crippen molar-refractivity contribution in [3.05, 3.63) is 73.1 Å². The highest BCUT2D eigenvalue weighted by Crippen LogP contribution is 2.40. The first-order chi connectivity index (χ1) is 9.43. The number of ether oxygens (including phenoxy) is 1. The number of para-hydroxylation sites is 4. The first-order valence-electron chi connectivity index (χ1n) is 6.14. The van der Waals surface area contributed by atoms with Gasteiger partial charge in [0.05, 0.1) is 11.4 Å². The van der Waals surface area contributed by atoms with E-state index in [1.165, 1.54) is 0 Å². The van der Waals surface area contributed by atoms with Crippen LogP contribution in [0.25, 0.3) is 0 Å². The smallest absolute Gasteiger partial charge is 0.150 e. The Labute approximate surface area is 111 Å². The van der Waals surface area contributed by atoms with E-state index in [9.17, 15) is 0 Å². The summed E-state index contributed by atoms with van der Waals surface area (Å²) < 4.78 is 5.71. The average Bonchev–Trinajstić information content (AvgIpc) is 3.04. The highest BCUT2D eigenvalue weighted by atomic mass is 16.5. The number of hydrogen-bond donors (Lipinski definition) is 2. The Hall–Kier alpha value is -2.68. The third kappa shape index (κ3) is 2.60. The summed E-state index contributed by atoms with van der Waals surface area (Å²) in [7, 11) is 0. The maximum atomic E-state index is 5.71. The second kappa shape index (κ2) is 5.31. The summed E-state index contributed by atoms with van der Waals surface area (Å²) in [6, 6.07) is 19.7. The zero-order valence-corrected chi connectivity index (χ0v) is 10.3. The molecule has 0 amide bonds. The quantitative estimate of drug-likeness (QED) is 0.480. The predicted molar refractivity (Wildman–Crippen MR) is 77.0 cm³/mol. The third-order valence-electron chi connectivity index (χ3n) is 2.76. The minimum absolute atomic E-state index is 0.881. The molecule has 0 fully saturated rings. The molecule has 3 aromatic rings. The zero-order valence-electron chi connectivity index (χ0n) is 10.3. The molecular weight excluding hydrogens is 236 g/mol. The van der Waals surface area contributed by atoms with E-state index < -0.39 is 0 Å². The summed E-state index contributed by atoms with van der Waals surface area (Å²) in [6.07, 6.45) is 3.75. The number of aromatic amines is 1. The molecule has 1 aliphatic heterocycles. The SMILES string of the molecule is c1cc[nH]c1.c1ccc2c(c1)Nc1ccccc1O2. The van der Waals surface area contributed by atoms with Gasteiger partial charge in [-0.05, 0) is 36.4 Å². The summed E-state index contributed by atoms with van der Waals surface area (Å²) in [4.78, 5) is 2.86. The van der Waals surface area contributed by atoms with Crippen LogP contribution in [-0.2, 0) is 0 Å². The summed E-state index contributed by atoms with van der Waals surface area (Å²) in [5.74, 6) is 1.76. The minimum Gasteiger partial charge on any atom is -0.453 e. The maximum Gasteiger partial charge on any atom is 0.150 e. The summed E-state index contributed by atoms with van der Waals surface area (Å²) in [5.41, 5.74) is 2.04. The van der Waals surface area contributed by atoms with Crippen molar-refractivity contribution in [3.8, 4) is 11.5 Å². The van der Waals surface area contributed by atoms with Gasteiger partial charge in [-0.2, -0.15) is 0 Å². The van der Waals surface area contributed by atoms with Crippen LogP contribution in [0, 0.1) is 0 Å². The van der Waals surface area contributed by atoms with E-state index in [0.29, 0.717) is 0 Å². The van der Waals surface area contributed by atoms with Crippen molar-refractivity contribution < 1.29 is 4.74 Å². The number of nitrogens with one attached hydrogen (secondary N) is 2. The molecule has 2 N–H and O–H groups in total. The highest BCUT2D eigenvalue weighted by Gasteiger charge is 2.13. The predicted octanol–water partition coefficient (Wildman–Crippen LogP) is 4.55. The van der Waals surface area contributed by atoms with E-state index in [1.807, 2.05) is 73.1 Å². The van der Waals surface area contributed by atoms with Gasteiger partial charge in [-0.1, -0.05) is 24.3 Å². The first kappa shape index (κ1) is 11.4. The van der Waals surface area contributed by atoms with E-state index in [2.05, 4.69) is 10.3 Å². The molecule has 2 aromatic carbocycles. The van der Waals surface area contributed by atoms with Crippen LogP contribution in [0.1, 0.15) is 0 Å². The average molecular weight is 250 g/mol. The van der Waals surface area contributed by atoms with Crippen molar-refractivity contribution in [2.75, 3.05) is 5.32 Å². The fourth-order valence-corrected chi connectivity index (χ4v) is 1.86. The molecule has 3 nitrogen and oxygen atoms in total. The lowest BCUT2D eigenvalue weighted by molar-refractivity contribution is 0.481. The van der Waals surface area contributed by atoms with Gasteiger partial charge in [0.15, 0.2) is 11.5 Å². The van der Waals surface area contributed by atoms with Gasteiger partial charge in [0.2, 0.25) is 0 Å². The lowest BCUT2D eigenvalue weighted by atomic mass is 10.2. The molecule has 0 aliphatic carbocycles. The molecule has 3 heteroatoms. The monoisotopic (exact) mass is 250 g/mol. The van der Waals surface area contributed by atoms with Gasteiger partial charge < -0.3 is 15.0 Å². The maximum absolute atomic E-state index is 5.71. The Kier molecular flexibility index (Phi) is 3.19. The second-order valence-corrected chi connectivity index (χ2v) is 4.10. The number of hydrogen-bond acceptors (Lipinski definition) is 2. The van der Waals surface area contributed by atoms with Crippen molar-refractivity contribution in [2.45, 2.75) is 0 Å². The van der Waals surface area contributed by atoms with Crippen molar-refractivity contribution in [1.29, 1.82) is 0 Å². The van der Waals surface area contributed by atoms with Crippen LogP contribution < -0.4 is 10.1 Å². The Morgan fingerprint density at radius 3 is 1.63 bits per heavy atom. The molecule has 0 spiro atoms. The molecule has 0 bridgehead atoms. The van der Waals surface area contributed by atoms with Crippen molar-refractivity contribution in [1.82, 2.24) is 4.98 Å². The van der Waals surface area contributed by atoms with E-state index >= 15 is 0 Å². The molecule has 0 unspecified atom stereocenters. The molecule has 19 heavy (non-hydrogen) atoms. The Bertz CT molecular complexity index is 543. The molecule has 1 aliphatic rings. The van der Waals surface area contributed by atoms with Crippen LogP contribution in [0.2, 0.25) is 0 Å². The number of anilines is 2. The van der Waals surface area contributed by atoms with Crippen LogP contribution in [0.3, 0.4) is 0 Å². The van der Waals surface area contributed by atoms with Crippen molar-refractivity contribution in [2.24, 2.45) is 0 Å². The van der Waals surface area contributed by atoms with E-state index in [-0.39, 0.29) is 0 Å². The van der Waals surface area contributed by atoms with Crippen LogP contribution in [0.4, 0.5) is 11.4 Å². The molecule has 94 valence electrons. The number of fused-ring (bicyclic) bond motifs is 2. The molecule has 0 atom stereocenters. The number of H-pyrrole nitrogens is 1. The van der Waals surface area contributed by atoms with Gasteiger partial charge in [0.1, 0.15) is 0 Å². The highest BCUT2D eigenvalue weighted by molar-refractivity contribution is 5.75. The van der Waals surface area contributed by atoms with E-state index in [0.717, 1.165) is 22.9 Å². The largest absolute Gasteiger partial charge is 0.453 e. The molecule has 1 aromatic heterocycles. The number of aromatic nitrogens is 1. The van der Waals surface area contributed by atoms with Crippen LogP contribution >= 0.6 is 0 Å². The molecule has 0 saturated heterocycles. The van der Waals surface area contributed by atoms with Crippen LogP contribution in [0.15, 0.2) is 73.1 Å². The molecule has 2 heterocycles. The number of rotatable bonds is 0. The van der Waals surface area contributed by atoms with Gasteiger partial charge in [-0.3, -0.25) is 0 Å². The molecule has 0 radical (unpaired) electrons. The first-order valence-corrected chi connectivity index (χ1v) is 6.14. The van der Waals surface area contributed by atoms with Crippen LogP contribution in [0.5, 0.6) is 11.5 Å². The Morgan fingerprint density at radius 2 is 1.16 bits per heavy atom. The Morgan fingerprint density at radius 1 is 0.632 bits per heavy atom. The van der Waals surface area contributed by atoms with Crippen LogP contribution in [-0.4, -0.2) is 4.98 Å². The van der Waals surface area contributed by atoms with Gasteiger partial charge in [0.25, 0.3) is 0 Å². The fraction of sp³-hybridized carbons (Fsp3) is 0. The van der Waals surface area contributed by atoms with E-state index in [1.54, 1.807) is 0 Å². The molecule has 0 saturated carbocycles. The normalized spacial score (nSPS) is 10.9. The number of benzene rings is 2. The Balaban J connectivity index is 0.000000187. The van der Waals surface area contributed by atoms with Gasteiger partial charge in [0, 0.05) is 12.4 Å². The standard InChI is InChI=1S/C12H9NO.C4H5N/c1-3-7-11-9(5-1)13-10-6-2-4-8-12(10)14-11;1-2-4-5-3-1/h1-8,13H;1-5H. The molecular formula is C16H14N2O. The summed E-state index contributed by atoms with van der Waals surface area (Å²) >= 11 is 0. The zero-order chi connectivity index (χ0) is 12.9. The van der Waals surface area contributed by atoms with Gasteiger partial charge in [-0.15, -0.1) is 0 Å².